The number of nitrogens with zero attached hydrogens (tertiary/aromatic N) is 4. The standard InChI is InChI=1S/C20H26N4O4.C7H9NS.C5H11NO2/c1-6-7-16-19(14(2)23(3)22-16)21-20(24(13-26)10-11-25)15-8-9-17(27-4)18(12-15)28-5;1-6-2-4-7(9-8)5-3-6;1-3-8-5(7)4-6-2/h8-9,11-13H,6-7,10H2,1-5H3;2-5H,8H2,1H3;6H,3-4H2,1-2H3. The number of amides is 1. The van der Waals surface area contributed by atoms with Crippen LogP contribution in [0, 0.1) is 13.8 Å². The van der Waals surface area contributed by atoms with Crippen molar-refractivity contribution in [2.75, 3.05) is 41.0 Å². The van der Waals surface area contributed by atoms with E-state index in [-0.39, 0.29) is 12.5 Å². The molecule has 0 unspecified atom stereocenters. The molecule has 246 valence electrons. The first-order valence-electron chi connectivity index (χ1n) is 14.4. The molecule has 0 saturated carbocycles. The fraction of sp³-hybridized carbons (Fsp3) is 0.406. The molecule has 1 heterocycles. The molecule has 12 nitrogen and oxygen atoms in total. The third kappa shape index (κ3) is 12.7. The highest BCUT2D eigenvalue weighted by atomic mass is 32.2. The third-order valence-corrected chi connectivity index (χ3v) is 6.72. The number of aryl methyl sites for hydroxylation is 3. The van der Waals surface area contributed by atoms with Crippen LogP contribution >= 0.6 is 11.9 Å². The number of carbonyl (C=O) groups excluding carboxylic acids is 3. The first-order chi connectivity index (χ1) is 21.6. The van der Waals surface area contributed by atoms with Crippen LogP contribution in [0.2, 0.25) is 0 Å². The zero-order chi connectivity index (χ0) is 33.8. The molecule has 1 amide bonds. The molecule has 3 aromatic rings. The molecule has 3 N–H and O–H groups in total. The zero-order valence-corrected chi connectivity index (χ0v) is 28.3. The maximum atomic E-state index is 11.7. The third-order valence-electron chi connectivity index (χ3n) is 6.17. The van der Waals surface area contributed by atoms with E-state index in [2.05, 4.69) is 41.1 Å². The number of benzene rings is 2. The number of rotatable bonds is 13. The number of nitrogens with one attached hydrogen (secondary N) is 1. The van der Waals surface area contributed by atoms with Gasteiger partial charge >= 0.3 is 5.97 Å². The quantitative estimate of drug-likeness (QED) is 0.0915. The Bertz CT molecular complexity index is 1370. The first-order valence-corrected chi connectivity index (χ1v) is 15.2. The summed E-state index contributed by atoms with van der Waals surface area (Å²) in [6.07, 6.45) is 2.92. The van der Waals surface area contributed by atoms with E-state index < -0.39 is 0 Å². The number of aromatic nitrogens is 2. The Morgan fingerprint density at radius 1 is 1.09 bits per heavy atom. The molecule has 0 aliphatic rings. The number of hydrogen-bond acceptors (Lipinski definition) is 11. The average Bonchev–Trinajstić information content (AvgIpc) is 3.31. The lowest BCUT2D eigenvalue weighted by molar-refractivity contribution is -0.141. The second-order valence-electron chi connectivity index (χ2n) is 9.45. The van der Waals surface area contributed by atoms with E-state index in [4.69, 9.17) is 19.6 Å². The van der Waals surface area contributed by atoms with Gasteiger partial charge in [-0.05, 0) is 76.5 Å². The number of nitrogens with two attached hydrogens (primary N) is 1. The minimum absolute atomic E-state index is 0.112. The maximum absolute atomic E-state index is 11.7. The normalized spacial score (nSPS) is 10.5. The molecule has 0 aliphatic carbocycles. The van der Waals surface area contributed by atoms with Gasteiger partial charge in [-0.1, -0.05) is 31.0 Å². The predicted octanol–water partition coefficient (Wildman–Crippen LogP) is 4.16. The summed E-state index contributed by atoms with van der Waals surface area (Å²) < 4.78 is 17.0. The molecular formula is C32H46N6O6S. The van der Waals surface area contributed by atoms with Gasteiger partial charge in [0.15, 0.2) is 11.5 Å². The highest BCUT2D eigenvalue weighted by Crippen LogP contribution is 2.30. The topological polar surface area (TPSA) is 150 Å². The Hall–Kier alpha value is -4.20. The molecule has 45 heavy (non-hydrogen) atoms. The Morgan fingerprint density at radius 2 is 1.76 bits per heavy atom. The number of amidine groups is 1. The van der Waals surface area contributed by atoms with Gasteiger partial charge in [0, 0.05) is 17.5 Å². The second-order valence-corrected chi connectivity index (χ2v) is 10.2. The lowest BCUT2D eigenvalue weighted by Gasteiger charge is -2.19. The molecular weight excluding hydrogens is 596 g/mol. The van der Waals surface area contributed by atoms with Crippen molar-refractivity contribution in [2.45, 2.75) is 45.4 Å². The predicted molar refractivity (Wildman–Crippen MR) is 178 cm³/mol. The lowest BCUT2D eigenvalue weighted by Crippen LogP contribution is -2.32. The van der Waals surface area contributed by atoms with Gasteiger partial charge in [0.2, 0.25) is 6.41 Å². The van der Waals surface area contributed by atoms with Crippen molar-refractivity contribution in [3.05, 3.63) is 65.0 Å². The van der Waals surface area contributed by atoms with Crippen LogP contribution in [-0.2, 0) is 32.6 Å². The summed E-state index contributed by atoms with van der Waals surface area (Å²) in [7, 11) is 6.64. The minimum Gasteiger partial charge on any atom is -0.493 e. The molecule has 0 fully saturated rings. The van der Waals surface area contributed by atoms with Gasteiger partial charge in [0.25, 0.3) is 0 Å². The Kier molecular flexibility index (Phi) is 18.5. The zero-order valence-electron chi connectivity index (χ0n) is 27.5. The minimum atomic E-state index is -0.199. The van der Waals surface area contributed by atoms with Crippen LogP contribution in [0.25, 0.3) is 0 Å². The van der Waals surface area contributed by atoms with Gasteiger partial charge in [-0.25, -0.2) is 4.99 Å². The van der Waals surface area contributed by atoms with E-state index in [1.807, 2.05) is 26.1 Å². The monoisotopic (exact) mass is 642 g/mol. The van der Waals surface area contributed by atoms with Crippen LogP contribution in [-0.4, -0.2) is 80.1 Å². The van der Waals surface area contributed by atoms with Gasteiger partial charge in [0.1, 0.15) is 17.8 Å². The molecule has 1 aromatic heterocycles. The number of carbonyl (C=O) groups is 3. The number of likely N-dealkylation sites (N-methyl/N-ethyl adjacent to an activating group) is 1. The van der Waals surface area contributed by atoms with E-state index in [1.165, 1.54) is 29.5 Å². The first kappa shape index (κ1) is 38.8. The number of esters is 1. The van der Waals surface area contributed by atoms with Crippen molar-refractivity contribution in [2.24, 2.45) is 17.2 Å². The fourth-order valence-corrected chi connectivity index (χ4v) is 4.12. The molecule has 13 heteroatoms. The molecule has 0 radical (unpaired) electrons. The van der Waals surface area contributed by atoms with E-state index in [1.54, 1.807) is 44.0 Å². The Labute approximate surface area is 270 Å². The summed E-state index contributed by atoms with van der Waals surface area (Å²) in [6, 6.07) is 13.4. The van der Waals surface area contributed by atoms with Crippen LogP contribution in [0.1, 0.15) is 42.8 Å². The maximum Gasteiger partial charge on any atom is 0.319 e. The van der Waals surface area contributed by atoms with Crippen LogP contribution in [0.4, 0.5) is 5.69 Å². The van der Waals surface area contributed by atoms with Crippen molar-refractivity contribution >= 4 is 42.1 Å². The van der Waals surface area contributed by atoms with Crippen molar-refractivity contribution in [1.29, 1.82) is 0 Å². The van der Waals surface area contributed by atoms with E-state index >= 15 is 0 Å². The highest BCUT2D eigenvalue weighted by molar-refractivity contribution is 7.97. The average molecular weight is 643 g/mol. The van der Waals surface area contributed by atoms with Crippen molar-refractivity contribution in [3.63, 3.8) is 0 Å². The summed E-state index contributed by atoms with van der Waals surface area (Å²) in [6.45, 7) is 8.48. The second kappa shape index (κ2) is 21.5. The Morgan fingerprint density at radius 3 is 2.27 bits per heavy atom. The number of aldehydes is 1. The van der Waals surface area contributed by atoms with Crippen molar-refractivity contribution in [3.8, 4) is 11.5 Å². The van der Waals surface area contributed by atoms with Crippen LogP contribution in [0.3, 0.4) is 0 Å². The lowest BCUT2D eigenvalue weighted by atomic mass is 10.1. The van der Waals surface area contributed by atoms with Gasteiger partial charge in [-0.3, -0.25) is 24.3 Å². The molecule has 0 aliphatic heterocycles. The summed E-state index contributed by atoms with van der Waals surface area (Å²) in [5.41, 5.74) is 4.31. The van der Waals surface area contributed by atoms with Crippen molar-refractivity contribution in [1.82, 2.24) is 20.0 Å². The molecule has 3 rings (SSSR count). The van der Waals surface area contributed by atoms with E-state index in [0.717, 1.165) is 29.1 Å². The van der Waals surface area contributed by atoms with Crippen LogP contribution in [0.15, 0.2) is 52.4 Å². The molecule has 0 saturated heterocycles. The Balaban J connectivity index is 0.000000483. The number of methoxy groups -OCH3 is 2. The fourth-order valence-electron chi connectivity index (χ4n) is 3.82. The van der Waals surface area contributed by atoms with Crippen molar-refractivity contribution < 1.29 is 28.6 Å². The van der Waals surface area contributed by atoms with Crippen LogP contribution in [0.5, 0.6) is 11.5 Å². The summed E-state index contributed by atoms with van der Waals surface area (Å²) >= 11 is 1.28. The van der Waals surface area contributed by atoms with E-state index in [9.17, 15) is 14.4 Å². The van der Waals surface area contributed by atoms with E-state index in [0.29, 0.717) is 54.4 Å². The number of aliphatic imine (C=N–C) groups is 1. The number of hydrogen-bond donors (Lipinski definition) is 2. The highest BCUT2D eigenvalue weighted by Gasteiger charge is 2.19. The van der Waals surface area contributed by atoms with Gasteiger partial charge in [-0.2, -0.15) is 5.10 Å². The van der Waals surface area contributed by atoms with Gasteiger partial charge in [-0.15, -0.1) is 0 Å². The summed E-state index contributed by atoms with van der Waals surface area (Å²) in [4.78, 5) is 40.3. The van der Waals surface area contributed by atoms with Gasteiger partial charge < -0.3 is 24.3 Å². The molecule has 0 spiro atoms. The summed E-state index contributed by atoms with van der Waals surface area (Å²) in [5.74, 6) is 1.20. The molecule has 0 bridgehead atoms. The molecule has 0 atom stereocenters. The smallest absolute Gasteiger partial charge is 0.319 e. The largest absolute Gasteiger partial charge is 0.493 e. The van der Waals surface area contributed by atoms with Gasteiger partial charge in [0.05, 0.1) is 45.3 Å². The van der Waals surface area contributed by atoms with Crippen LogP contribution < -0.4 is 19.9 Å². The summed E-state index contributed by atoms with van der Waals surface area (Å²) in [5, 5.41) is 12.5. The molecule has 2 aromatic carbocycles. The number of ether oxygens (including phenoxy) is 3. The SMILES string of the molecule is CCCc1nn(C)c(C)c1N=C(c1ccc(OC)c(OC)c1)N(C=O)CC=O.CCOC(=O)CNC.Cc1ccc(SN)cc1.